The molecule has 0 saturated heterocycles. The first kappa shape index (κ1) is 10.2. The monoisotopic (exact) mass is 239 g/mol. The van der Waals surface area contributed by atoms with E-state index in [1.165, 1.54) is 12.1 Å². The van der Waals surface area contributed by atoms with Gasteiger partial charge in [-0.3, -0.25) is 0 Å². The average Bonchev–Trinajstić information content (AvgIpc) is 1.96. The second kappa shape index (κ2) is 3.89. The summed E-state index contributed by atoms with van der Waals surface area (Å²) in [5.74, 6) is 0. The van der Waals surface area contributed by atoms with E-state index in [1.54, 1.807) is 0 Å². The summed E-state index contributed by atoms with van der Waals surface area (Å²) in [6.45, 7) is 5.33. The third-order valence-electron chi connectivity index (χ3n) is 1.27. The molecule has 0 aliphatic heterocycles. The van der Waals surface area contributed by atoms with Gasteiger partial charge in [-0.15, -0.1) is 0 Å². The minimum atomic E-state index is 0.0959. The summed E-state index contributed by atoms with van der Waals surface area (Å²) >= 11 is 22.7. The molecule has 0 amide bonds. The van der Waals surface area contributed by atoms with Gasteiger partial charge in [0.2, 0.25) is 0 Å². The Kier molecular flexibility index (Phi) is 3.30. The van der Waals surface area contributed by atoms with Crippen LogP contribution >= 0.6 is 46.4 Å². The Labute approximate surface area is 90.7 Å². The van der Waals surface area contributed by atoms with E-state index in [-0.39, 0.29) is 5.03 Å². The smallest absolute Gasteiger partial charge is 0.0607 e. The lowest BCUT2D eigenvalue weighted by atomic mass is 10.2. The molecular formula is C8H3Cl4. The maximum Gasteiger partial charge on any atom is 0.0607 e. The van der Waals surface area contributed by atoms with Crippen LogP contribution in [0.1, 0.15) is 5.56 Å². The van der Waals surface area contributed by atoms with E-state index in [2.05, 4.69) is 0 Å². The number of hydrogen-bond acceptors (Lipinski definition) is 0. The van der Waals surface area contributed by atoms with E-state index >= 15 is 0 Å². The highest BCUT2D eigenvalue weighted by Crippen LogP contribution is 2.33. The Morgan fingerprint density at radius 2 is 1.50 bits per heavy atom. The first-order valence-corrected chi connectivity index (χ1v) is 4.46. The Bertz CT molecular complexity index is 330. The summed E-state index contributed by atoms with van der Waals surface area (Å²) in [7, 11) is 0. The van der Waals surface area contributed by atoms with Crippen LogP contribution in [0.15, 0.2) is 12.1 Å². The highest BCUT2D eigenvalue weighted by atomic mass is 35.5. The average molecular weight is 241 g/mol. The van der Waals surface area contributed by atoms with E-state index in [1.807, 2.05) is 0 Å². The summed E-state index contributed by atoms with van der Waals surface area (Å²) in [4.78, 5) is 0. The highest BCUT2D eigenvalue weighted by molar-refractivity contribution is 6.50. The summed E-state index contributed by atoms with van der Waals surface area (Å²) in [6.07, 6.45) is 0. The van der Waals surface area contributed by atoms with Gasteiger partial charge < -0.3 is 0 Å². The molecule has 1 radical (unpaired) electrons. The molecule has 1 aromatic carbocycles. The van der Waals surface area contributed by atoms with Gasteiger partial charge in [0, 0.05) is 10.6 Å². The highest BCUT2D eigenvalue weighted by Gasteiger charge is 2.06. The number of hydrogen-bond donors (Lipinski definition) is 0. The van der Waals surface area contributed by atoms with Crippen LogP contribution in [0.4, 0.5) is 0 Å². The zero-order chi connectivity index (χ0) is 9.30. The van der Waals surface area contributed by atoms with Crippen molar-refractivity contribution in [2.24, 2.45) is 0 Å². The van der Waals surface area contributed by atoms with Gasteiger partial charge >= 0.3 is 0 Å². The lowest BCUT2D eigenvalue weighted by molar-refractivity contribution is 1.64. The predicted octanol–water partition coefficient (Wildman–Crippen LogP) is 4.66. The van der Waals surface area contributed by atoms with Crippen molar-refractivity contribution in [1.82, 2.24) is 0 Å². The van der Waals surface area contributed by atoms with E-state index in [0.29, 0.717) is 20.6 Å². The molecule has 0 N–H and O–H groups in total. The van der Waals surface area contributed by atoms with Crippen LogP contribution in [0.3, 0.4) is 0 Å². The Morgan fingerprint density at radius 3 is 2.00 bits per heavy atom. The van der Waals surface area contributed by atoms with E-state index in [0.717, 1.165) is 0 Å². The lowest BCUT2D eigenvalue weighted by Gasteiger charge is -2.03. The predicted molar refractivity (Wildman–Crippen MR) is 55.0 cm³/mol. The molecule has 0 aliphatic carbocycles. The van der Waals surface area contributed by atoms with Crippen molar-refractivity contribution in [2.45, 2.75) is 0 Å². The number of halogens is 4. The molecule has 1 rings (SSSR count). The molecule has 0 atom stereocenters. The third kappa shape index (κ3) is 2.08. The van der Waals surface area contributed by atoms with Gasteiger partial charge in [0.05, 0.1) is 15.1 Å². The maximum absolute atomic E-state index is 5.77. The standard InChI is InChI=1S/C8H3Cl4/c1-4(9)5-2-7(11)8(12)3-6(5)10/h1-3H. The van der Waals surface area contributed by atoms with E-state index in [9.17, 15) is 0 Å². The molecule has 0 heterocycles. The molecule has 0 spiro atoms. The van der Waals surface area contributed by atoms with Crippen molar-refractivity contribution in [3.8, 4) is 0 Å². The van der Waals surface area contributed by atoms with Crippen molar-refractivity contribution in [3.05, 3.63) is 39.3 Å². The number of benzene rings is 1. The second-order valence-electron chi connectivity index (χ2n) is 2.09. The van der Waals surface area contributed by atoms with Crippen LogP contribution < -0.4 is 0 Å². The maximum atomic E-state index is 5.77. The lowest BCUT2D eigenvalue weighted by Crippen LogP contribution is -1.79. The van der Waals surface area contributed by atoms with Crippen molar-refractivity contribution < 1.29 is 0 Å². The molecule has 4 heteroatoms. The van der Waals surface area contributed by atoms with Crippen molar-refractivity contribution in [2.75, 3.05) is 0 Å². The quantitative estimate of drug-likeness (QED) is 0.627. The van der Waals surface area contributed by atoms with Crippen molar-refractivity contribution >= 4 is 51.4 Å². The van der Waals surface area contributed by atoms with Crippen LogP contribution in [0.2, 0.25) is 15.1 Å². The summed E-state index contributed by atoms with van der Waals surface area (Å²) in [6, 6.07) is 3.02. The molecule has 0 aromatic heterocycles. The van der Waals surface area contributed by atoms with Crippen molar-refractivity contribution in [1.29, 1.82) is 0 Å². The zero-order valence-corrected chi connectivity index (χ0v) is 8.77. The van der Waals surface area contributed by atoms with Gasteiger partial charge in [0.1, 0.15) is 0 Å². The molecule has 0 bridgehead atoms. The van der Waals surface area contributed by atoms with Crippen molar-refractivity contribution in [3.63, 3.8) is 0 Å². The molecular weight excluding hydrogens is 238 g/mol. The third-order valence-corrected chi connectivity index (χ3v) is 2.51. The van der Waals surface area contributed by atoms with Gasteiger partial charge in [-0.2, -0.15) is 0 Å². The Morgan fingerprint density at radius 1 is 1.00 bits per heavy atom. The second-order valence-corrected chi connectivity index (χ2v) is 3.72. The molecule has 0 saturated carbocycles. The molecule has 0 aliphatic rings. The molecule has 12 heavy (non-hydrogen) atoms. The first-order chi connectivity index (χ1) is 5.52. The van der Waals surface area contributed by atoms with E-state index in [4.69, 9.17) is 53.0 Å². The fraction of sp³-hybridized carbons (Fsp3) is 0. The zero-order valence-electron chi connectivity index (χ0n) is 5.74. The van der Waals surface area contributed by atoms with Gasteiger partial charge in [-0.1, -0.05) is 46.4 Å². The first-order valence-electron chi connectivity index (χ1n) is 2.95. The van der Waals surface area contributed by atoms with Gasteiger partial charge in [0.25, 0.3) is 0 Å². The van der Waals surface area contributed by atoms with E-state index < -0.39 is 0 Å². The summed E-state index contributed by atoms with van der Waals surface area (Å²) in [5, 5.41) is 1.23. The molecule has 0 fully saturated rings. The minimum absolute atomic E-state index is 0.0959. The van der Waals surface area contributed by atoms with Crippen LogP contribution in [0.5, 0.6) is 0 Å². The minimum Gasteiger partial charge on any atom is -0.0836 e. The topological polar surface area (TPSA) is 0 Å². The van der Waals surface area contributed by atoms with Gasteiger partial charge in [0.15, 0.2) is 0 Å². The molecule has 63 valence electrons. The van der Waals surface area contributed by atoms with Crippen LogP contribution in [0, 0.1) is 6.58 Å². The fourth-order valence-electron chi connectivity index (χ4n) is 0.706. The largest absolute Gasteiger partial charge is 0.0836 e. The Hall–Kier alpha value is 0.120. The van der Waals surface area contributed by atoms with Crippen LogP contribution in [-0.4, -0.2) is 0 Å². The fourth-order valence-corrected chi connectivity index (χ4v) is 1.56. The van der Waals surface area contributed by atoms with Crippen LogP contribution in [-0.2, 0) is 0 Å². The van der Waals surface area contributed by atoms with Gasteiger partial charge in [-0.05, 0) is 18.7 Å². The number of rotatable bonds is 1. The Balaban J connectivity index is 3.33. The molecule has 1 aromatic rings. The van der Waals surface area contributed by atoms with Gasteiger partial charge in [-0.25, -0.2) is 0 Å². The molecule has 0 unspecified atom stereocenters. The SMILES string of the molecule is [CH]=C(Cl)c1cc(Cl)c(Cl)cc1Cl. The molecule has 0 nitrogen and oxygen atoms in total. The summed E-state index contributed by atoms with van der Waals surface area (Å²) < 4.78 is 0. The van der Waals surface area contributed by atoms with Crippen LogP contribution in [0.25, 0.3) is 5.03 Å². The summed E-state index contributed by atoms with van der Waals surface area (Å²) in [5.41, 5.74) is 0.493. The normalized spacial score (nSPS) is 10.0.